The molecule has 0 fully saturated rings. The minimum absolute atomic E-state index is 0.0813. The first kappa shape index (κ1) is 25.0. The Morgan fingerprint density at radius 3 is 2.49 bits per heavy atom. The summed E-state index contributed by atoms with van der Waals surface area (Å²) >= 11 is 0. The number of fused-ring (bicyclic) bond motifs is 5. The number of pyridine rings is 1. The lowest BCUT2D eigenvalue weighted by molar-refractivity contribution is 0.0739. The lowest BCUT2D eigenvalue weighted by atomic mass is 9.92. The largest absolute Gasteiger partial charge is 0.493 e. The van der Waals surface area contributed by atoms with Crippen molar-refractivity contribution in [2.45, 2.75) is 25.3 Å². The van der Waals surface area contributed by atoms with E-state index in [1.807, 2.05) is 23.1 Å². The molecule has 198 valence electrons. The molecule has 0 saturated heterocycles. The Morgan fingerprint density at radius 1 is 0.923 bits per heavy atom. The normalized spacial score (nSPS) is 15.4. The Labute approximate surface area is 229 Å². The number of carbonyl (C=O) groups excluding carboxylic acids is 1. The second-order valence-electron chi connectivity index (χ2n) is 10.3. The highest BCUT2D eigenvalue weighted by molar-refractivity contribution is 6.00. The van der Waals surface area contributed by atoms with Crippen molar-refractivity contribution >= 4 is 11.6 Å². The molecule has 4 aromatic rings. The van der Waals surface area contributed by atoms with Crippen LogP contribution in [0.2, 0.25) is 0 Å². The maximum atomic E-state index is 13.6. The zero-order valence-corrected chi connectivity index (χ0v) is 22.7. The maximum absolute atomic E-state index is 13.6. The molecule has 2 aliphatic rings. The molecule has 3 aromatic carbocycles. The van der Waals surface area contributed by atoms with E-state index in [1.54, 1.807) is 14.2 Å². The molecule has 1 amide bonds. The minimum atomic E-state index is -0.113. The number of likely N-dealkylation sites (N-methyl/N-ethyl adjacent to an activating group) is 1. The van der Waals surface area contributed by atoms with Crippen LogP contribution in [-0.2, 0) is 19.3 Å². The number of methoxy groups -OCH3 is 2. The van der Waals surface area contributed by atoms with Gasteiger partial charge in [-0.05, 0) is 53.3 Å². The van der Waals surface area contributed by atoms with Crippen LogP contribution in [0.5, 0.6) is 11.5 Å². The van der Waals surface area contributed by atoms with Crippen LogP contribution in [0.3, 0.4) is 0 Å². The molecular weight excluding hydrogens is 486 g/mol. The summed E-state index contributed by atoms with van der Waals surface area (Å²) in [6, 6.07) is 26.9. The van der Waals surface area contributed by atoms with Crippen LogP contribution in [0.25, 0.3) is 0 Å². The molecule has 2 aliphatic heterocycles. The molecule has 0 saturated carbocycles. The van der Waals surface area contributed by atoms with Gasteiger partial charge in [0, 0.05) is 26.6 Å². The van der Waals surface area contributed by atoms with Gasteiger partial charge in [-0.1, -0.05) is 60.7 Å². The van der Waals surface area contributed by atoms with Gasteiger partial charge in [-0.15, -0.1) is 0 Å². The lowest BCUT2D eigenvalue weighted by Gasteiger charge is -2.32. The first-order chi connectivity index (χ1) is 19.1. The number of hydrogen-bond donors (Lipinski definition) is 0. The molecule has 0 spiro atoms. The highest BCUT2D eigenvalue weighted by atomic mass is 16.5. The van der Waals surface area contributed by atoms with Gasteiger partial charge >= 0.3 is 0 Å². The van der Waals surface area contributed by atoms with E-state index < -0.39 is 0 Å². The van der Waals surface area contributed by atoms with Crippen LogP contribution < -0.4 is 14.4 Å². The first-order valence-electron chi connectivity index (χ1n) is 13.5. The van der Waals surface area contributed by atoms with E-state index in [9.17, 15) is 4.79 Å². The SMILES string of the molecule is COc1ccc(CCN(C)c2cc3c(nc2Cc2ccccc2)C2c4ccccc4CCN2C3=O)cc1OC. The number of anilines is 1. The zero-order valence-electron chi connectivity index (χ0n) is 22.7. The summed E-state index contributed by atoms with van der Waals surface area (Å²) in [6.45, 7) is 1.48. The average Bonchev–Trinajstić information content (AvgIpc) is 3.26. The third-order valence-corrected chi connectivity index (χ3v) is 7.95. The fraction of sp³-hybridized carbons (Fsp3) is 0.273. The minimum Gasteiger partial charge on any atom is -0.493 e. The topological polar surface area (TPSA) is 54.9 Å². The second kappa shape index (κ2) is 10.4. The highest BCUT2D eigenvalue weighted by Gasteiger charge is 2.42. The van der Waals surface area contributed by atoms with Crippen molar-refractivity contribution in [2.75, 3.05) is 39.3 Å². The molecule has 1 atom stereocenters. The van der Waals surface area contributed by atoms with E-state index in [-0.39, 0.29) is 11.9 Å². The van der Waals surface area contributed by atoms with Gasteiger partial charge in [-0.25, -0.2) is 0 Å². The summed E-state index contributed by atoms with van der Waals surface area (Å²) in [5.74, 6) is 1.53. The van der Waals surface area contributed by atoms with E-state index in [4.69, 9.17) is 14.5 Å². The number of nitrogens with zero attached hydrogens (tertiary/aromatic N) is 3. The van der Waals surface area contributed by atoms with Crippen molar-refractivity contribution in [3.63, 3.8) is 0 Å². The Hall–Kier alpha value is -4.32. The van der Waals surface area contributed by atoms with Gasteiger partial charge in [0.15, 0.2) is 11.5 Å². The third-order valence-electron chi connectivity index (χ3n) is 7.95. The zero-order chi connectivity index (χ0) is 26.9. The van der Waals surface area contributed by atoms with E-state index in [1.165, 1.54) is 16.7 Å². The fourth-order valence-corrected chi connectivity index (χ4v) is 5.87. The second-order valence-corrected chi connectivity index (χ2v) is 10.3. The number of aromatic nitrogens is 1. The number of benzene rings is 3. The van der Waals surface area contributed by atoms with Crippen molar-refractivity contribution in [3.05, 3.63) is 118 Å². The van der Waals surface area contributed by atoms with E-state index in [2.05, 4.69) is 72.6 Å². The molecule has 1 aromatic heterocycles. The molecule has 0 bridgehead atoms. The molecule has 39 heavy (non-hydrogen) atoms. The van der Waals surface area contributed by atoms with Gasteiger partial charge in [-0.3, -0.25) is 9.78 Å². The van der Waals surface area contributed by atoms with Gasteiger partial charge in [-0.2, -0.15) is 0 Å². The number of carbonyl (C=O) groups is 1. The van der Waals surface area contributed by atoms with Crippen LogP contribution in [0.4, 0.5) is 5.69 Å². The Morgan fingerprint density at radius 2 is 1.69 bits per heavy atom. The number of ether oxygens (including phenoxy) is 2. The quantitative estimate of drug-likeness (QED) is 0.309. The van der Waals surface area contributed by atoms with Crippen molar-refractivity contribution in [1.29, 1.82) is 0 Å². The monoisotopic (exact) mass is 519 g/mol. The molecule has 6 rings (SSSR count). The van der Waals surface area contributed by atoms with E-state index in [0.29, 0.717) is 6.42 Å². The first-order valence-corrected chi connectivity index (χ1v) is 13.5. The van der Waals surface area contributed by atoms with Crippen molar-refractivity contribution in [1.82, 2.24) is 9.88 Å². The average molecular weight is 520 g/mol. The third kappa shape index (κ3) is 4.60. The summed E-state index contributed by atoms with van der Waals surface area (Å²) < 4.78 is 10.9. The Balaban J connectivity index is 1.36. The van der Waals surface area contributed by atoms with Crippen LogP contribution in [0.15, 0.2) is 78.9 Å². The molecule has 3 heterocycles. The van der Waals surface area contributed by atoms with Gasteiger partial charge < -0.3 is 19.3 Å². The number of rotatable bonds is 8. The predicted octanol–water partition coefficient (Wildman–Crippen LogP) is 5.47. The summed E-state index contributed by atoms with van der Waals surface area (Å²) in [7, 11) is 5.39. The standard InChI is InChI=1S/C33H33N3O3/c1-35(17-15-23-13-14-29(38-2)30(20-23)39-3)28-21-26-31(34-27(28)19-22-9-5-4-6-10-22)32-25-12-8-7-11-24(25)16-18-36(32)33(26)37/h4-14,20-21,32H,15-19H2,1-3H3. The van der Waals surface area contributed by atoms with Gasteiger partial charge in [0.25, 0.3) is 5.91 Å². The summed E-state index contributed by atoms with van der Waals surface area (Å²) in [4.78, 5) is 23.1. The van der Waals surface area contributed by atoms with E-state index in [0.717, 1.165) is 65.6 Å². The van der Waals surface area contributed by atoms with Gasteiger partial charge in [0.1, 0.15) is 6.04 Å². The summed E-state index contributed by atoms with van der Waals surface area (Å²) in [5, 5.41) is 0. The van der Waals surface area contributed by atoms with Gasteiger partial charge in [0.2, 0.25) is 0 Å². The highest BCUT2D eigenvalue weighted by Crippen LogP contribution is 2.43. The van der Waals surface area contributed by atoms with E-state index >= 15 is 0 Å². The molecule has 6 nitrogen and oxygen atoms in total. The van der Waals surface area contributed by atoms with Crippen molar-refractivity contribution in [3.8, 4) is 11.5 Å². The van der Waals surface area contributed by atoms with Crippen molar-refractivity contribution < 1.29 is 14.3 Å². The number of hydrogen-bond acceptors (Lipinski definition) is 5. The number of amides is 1. The van der Waals surface area contributed by atoms with Crippen LogP contribution in [-0.4, -0.2) is 50.1 Å². The Bertz CT molecular complexity index is 1520. The molecule has 0 N–H and O–H groups in total. The molecule has 0 radical (unpaired) electrons. The molecular formula is C33H33N3O3. The Kier molecular flexibility index (Phi) is 6.69. The lowest BCUT2D eigenvalue weighted by Crippen LogP contribution is -2.35. The van der Waals surface area contributed by atoms with Crippen LogP contribution >= 0.6 is 0 Å². The van der Waals surface area contributed by atoms with Crippen molar-refractivity contribution in [2.24, 2.45) is 0 Å². The predicted molar refractivity (Wildman–Crippen MR) is 153 cm³/mol. The molecule has 1 unspecified atom stereocenters. The molecule has 0 aliphatic carbocycles. The summed E-state index contributed by atoms with van der Waals surface area (Å²) in [5.41, 5.74) is 8.46. The van der Waals surface area contributed by atoms with Crippen LogP contribution in [0.1, 0.15) is 50.0 Å². The van der Waals surface area contributed by atoms with Gasteiger partial charge in [0.05, 0.1) is 36.9 Å². The maximum Gasteiger partial charge on any atom is 0.256 e. The van der Waals surface area contributed by atoms with Crippen LogP contribution in [0, 0.1) is 0 Å². The smallest absolute Gasteiger partial charge is 0.256 e. The molecule has 6 heteroatoms. The fourth-order valence-electron chi connectivity index (χ4n) is 5.87. The summed E-state index contributed by atoms with van der Waals surface area (Å²) in [6.07, 6.45) is 2.39.